The van der Waals surface area contributed by atoms with Gasteiger partial charge in [-0.15, -0.1) is 0 Å². The molecule has 3 aromatic rings. The van der Waals surface area contributed by atoms with Crippen LogP contribution in [0.5, 0.6) is 0 Å². The number of aryl methyl sites for hydroxylation is 1. The minimum absolute atomic E-state index is 0.334. The molecule has 0 aliphatic heterocycles. The fraction of sp³-hybridized carbons (Fsp3) is 0.100. The molecule has 1 amide bonds. The topological polar surface area (TPSA) is 60.3 Å². The highest BCUT2D eigenvalue weighted by Gasteiger charge is 2.26. The van der Waals surface area contributed by atoms with E-state index in [4.69, 9.17) is 4.74 Å². The monoisotopic (exact) mass is 352 g/mol. The summed E-state index contributed by atoms with van der Waals surface area (Å²) >= 11 is 0. The summed E-state index contributed by atoms with van der Waals surface area (Å²) in [4.78, 5) is 25.1. The molecule has 132 valence electrons. The maximum atomic E-state index is 13.0. The van der Waals surface area contributed by atoms with Gasteiger partial charge >= 0.3 is 5.97 Å². The number of hydrogen-bond acceptors (Lipinski definition) is 3. The van der Waals surface area contributed by atoms with Crippen molar-refractivity contribution >= 4 is 17.6 Å². The summed E-state index contributed by atoms with van der Waals surface area (Å²) in [6.45, 7) is 0. The molecule has 1 atom stereocenters. The fourth-order valence-corrected chi connectivity index (χ4v) is 2.48. The second kappa shape index (κ2) is 7.65. The first-order valence-electron chi connectivity index (χ1n) is 7.98. The minimum atomic E-state index is -1.14. The van der Waals surface area contributed by atoms with Gasteiger partial charge in [-0.25, -0.2) is 9.18 Å². The first-order valence-corrected chi connectivity index (χ1v) is 7.98. The molecule has 26 heavy (non-hydrogen) atoms. The van der Waals surface area contributed by atoms with Gasteiger partial charge in [-0.05, 0) is 36.4 Å². The zero-order chi connectivity index (χ0) is 18.5. The molecule has 0 radical (unpaired) electrons. The Morgan fingerprint density at radius 2 is 1.69 bits per heavy atom. The molecule has 0 aliphatic carbocycles. The number of anilines is 1. The maximum absolute atomic E-state index is 13.0. The van der Waals surface area contributed by atoms with E-state index in [0.717, 1.165) is 0 Å². The number of esters is 1. The molecule has 2 aromatic carbocycles. The van der Waals surface area contributed by atoms with Crippen molar-refractivity contribution in [3.8, 4) is 0 Å². The van der Waals surface area contributed by atoms with E-state index in [-0.39, 0.29) is 0 Å². The third-order valence-corrected chi connectivity index (χ3v) is 3.83. The summed E-state index contributed by atoms with van der Waals surface area (Å²) < 4.78 is 20.1. The molecule has 3 rings (SSSR count). The molecule has 0 saturated carbocycles. The highest BCUT2D eigenvalue weighted by Crippen LogP contribution is 2.22. The van der Waals surface area contributed by atoms with Gasteiger partial charge in [-0.3, -0.25) is 4.79 Å². The Bertz CT molecular complexity index is 904. The number of carbonyl (C=O) groups excluding carboxylic acids is 2. The van der Waals surface area contributed by atoms with Gasteiger partial charge in [0.1, 0.15) is 11.5 Å². The Morgan fingerprint density at radius 3 is 2.31 bits per heavy atom. The molecule has 0 bridgehead atoms. The van der Waals surface area contributed by atoms with Gasteiger partial charge in [0.05, 0.1) is 0 Å². The van der Waals surface area contributed by atoms with E-state index in [1.807, 2.05) is 0 Å². The van der Waals surface area contributed by atoms with Crippen LogP contribution in [0.4, 0.5) is 10.1 Å². The Kier molecular flexibility index (Phi) is 5.12. The number of hydrogen-bond donors (Lipinski definition) is 1. The molecule has 5 nitrogen and oxygen atoms in total. The van der Waals surface area contributed by atoms with Gasteiger partial charge in [0.15, 0.2) is 0 Å². The Morgan fingerprint density at radius 1 is 1.00 bits per heavy atom. The van der Waals surface area contributed by atoms with Crippen molar-refractivity contribution in [3.05, 3.63) is 90.0 Å². The van der Waals surface area contributed by atoms with E-state index in [2.05, 4.69) is 5.32 Å². The smallest absolute Gasteiger partial charge is 0.356 e. The average molecular weight is 352 g/mol. The lowest BCUT2D eigenvalue weighted by molar-refractivity contribution is -0.125. The highest BCUT2D eigenvalue weighted by atomic mass is 19.1. The van der Waals surface area contributed by atoms with Crippen LogP contribution in [0.15, 0.2) is 72.9 Å². The van der Waals surface area contributed by atoms with Gasteiger partial charge in [0.2, 0.25) is 6.10 Å². The van der Waals surface area contributed by atoms with Gasteiger partial charge in [-0.1, -0.05) is 30.3 Å². The van der Waals surface area contributed by atoms with Crippen LogP contribution in [0.25, 0.3) is 0 Å². The number of ether oxygens (including phenoxy) is 1. The number of rotatable bonds is 5. The lowest BCUT2D eigenvalue weighted by atomic mass is 10.1. The predicted molar refractivity (Wildman–Crippen MR) is 95.0 cm³/mol. The van der Waals surface area contributed by atoms with Crippen LogP contribution >= 0.6 is 0 Å². The molecule has 0 saturated heterocycles. The second-order valence-corrected chi connectivity index (χ2v) is 5.70. The van der Waals surface area contributed by atoms with Crippen LogP contribution in [-0.2, 0) is 16.6 Å². The summed E-state index contributed by atoms with van der Waals surface area (Å²) in [6.07, 6.45) is 0.579. The van der Waals surface area contributed by atoms with Crippen molar-refractivity contribution < 1.29 is 18.7 Å². The van der Waals surface area contributed by atoms with E-state index in [1.54, 1.807) is 60.3 Å². The zero-order valence-corrected chi connectivity index (χ0v) is 14.1. The normalized spacial score (nSPS) is 11.6. The first kappa shape index (κ1) is 17.4. The number of amides is 1. The maximum Gasteiger partial charge on any atom is 0.356 e. The van der Waals surface area contributed by atoms with Crippen LogP contribution in [0, 0.1) is 5.82 Å². The molecular formula is C20H17FN2O3. The van der Waals surface area contributed by atoms with E-state index < -0.39 is 23.8 Å². The number of nitrogens with one attached hydrogen (secondary N) is 1. The van der Waals surface area contributed by atoms with Gasteiger partial charge < -0.3 is 14.6 Å². The number of benzene rings is 2. The van der Waals surface area contributed by atoms with E-state index in [0.29, 0.717) is 16.9 Å². The molecule has 0 spiro atoms. The van der Waals surface area contributed by atoms with Gasteiger partial charge in [0.25, 0.3) is 5.91 Å². The van der Waals surface area contributed by atoms with Crippen LogP contribution < -0.4 is 5.32 Å². The van der Waals surface area contributed by atoms with E-state index >= 15 is 0 Å². The standard InChI is InChI=1S/C20H17FN2O3/c1-23-13-5-8-17(23)20(25)26-18(14-6-3-2-4-7-14)19(24)22-16-11-9-15(21)10-12-16/h2-13,18H,1H3,(H,22,24)/t18-/m1/s1. The first-order chi connectivity index (χ1) is 12.5. The van der Waals surface area contributed by atoms with Crippen LogP contribution in [-0.4, -0.2) is 16.4 Å². The van der Waals surface area contributed by atoms with Crippen molar-refractivity contribution in [1.29, 1.82) is 0 Å². The molecule has 1 aromatic heterocycles. The number of nitrogens with zero attached hydrogens (tertiary/aromatic N) is 1. The zero-order valence-electron chi connectivity index (χ0n) is 14.1. The van der Waals surface area contributed by atoms with Gasteiger partial charge in [-0.2, -0.15) is 0 Å². The van der Waals surface area contributed by atoms with Crippen LogP contribution in [0.1, 0.15) is 22.2 Å². The van der Waals surface area contributed by atoms with Crippen LogP contribution in [0.3, 0.4) is 0 Å². The fourth-order valence-electron chi connectivity index (χ4n) is 2.48. The molecule has 1 N–H and O–H groups in total. The van der Waals surface area contributed by atoms with Gasteiger partial charge in [0, 0.05) is 24.5 Å². The molecule has 0 fully saturated rings. The van der Waals surface area contributed by atoms with Crippen molar-refractivity contribution in [2.75, 3.05) is 5.32 Å². The summed E-state index contributed by atoms with van der Waals surface area (Å²) in [7, 11) is 1.71. The predicted octanol–water partition coefficient (Wildman–Crippen LogP) is 3.70. The lowest BCUT2D eigenvalue weighted by Crippen LogP contribution is -2.26. The average Bonchev–Trinajstić information content (AvgIpc) is 3.08. The summed E-state index contributed by atoms with van der Waals surface area (Å²) in [5, 5.41) is 2.64. The summed E-state index contributed by atoms with van der Waals surface area (Å²) in [5.41, 5.74) is 1.28. The highest BCUT2D eigenvalue weighted by molar-refractivity contribution is 5.97. The van der Waals surface area contributed by atoms with Crippen molar-refractivity contribution in [1.82, 2.24) is 4.57 Å². The van der Waals surface area contributed by atoms with Crippen molar-refractivity contribution in [3.63, 3.8) is 0 Å². The lowest BCUT2D eigenvalue weighted by Gasteiger charge is -2.18. The van der Waals surface area contributed by atoms with E-state index in [9.17, 15) is 14.0 Å². The Labute approximate surface area is 150 Å². The largest absolute Gasteiger partial charge is 0.443 e. The number of halogens is 1. The molecular weight excluding hydrogens is 335 g/mol. The molecule has 1 heterocycles. The second-order valence-electron chi connectivity index (χ2n) is 5.70. The molecule has 0 unspecified atom stereocenters. The third-order valence-electron chi connectivity index (χ3n) is 3.83. The summed E-state index contributed by atoms with van der Waals surface area (Å²) in [5.74, 6) is -1.54. The minimum Gasteiger partial charge on any atom is -0.443 e. The summed E-state index contributed by atoms with van der Waals surface area (Å²) in [6, 6.07) is 17.4. The number of aromatic nitrogens is 1. The van der Waals surface area contributed by atoms with Crippen molar-refractivity contribution in [2.45, 2.75) is 6.10 Å². The quantitative estimate of drug-likeness (QED) is 0.712. The molecule has 0 aliphatic rings. The van der Waals surface area contributed by atoms with E-state index in [1.165, 1.54) is 24.3 Å². The number of carbonyl (C=O) groups is 2. The van der Waals surface area contributed by atoms with Crippen LogP contribution in [0.2, 0.25) is 0 Å². The Balaban J connectivity index is 1.83. The Hall–Kier alpha value is -3.41. The molecule has 6 heteroatoms. The third kappa shape index (κ3) is 3.97. The van der Waals surface area contributed by atoms with Crippen molar-refractivity contribution in [2.24, 2.45) is 7.05 Å². The SMILES string of the molecule is Cn1cccc1C(=O)O[C@@H](C(=O)Nc1ccc(F)cc1)c1ccccc1.